The van der Waals surface area contributed by atoms with Gasteiger partial charge < -0.3 is 9.32 Å². The van der Waals surface area contributed by atoms with Gasteiger partial charge in [-0.15, -0.1) is 0 Å². The third-order valence-corrected chi connectivity index (χ3v) is 10.7. The van der Waals surface area contributed by atoms with Gasteiger partial charge in [0.15, 0.2) is 0 Å². The summed E-state index contributed by atoms with van der Waals surface area (Å²) in [6.45, 7) is 4.70. The first-order valence-corrected chi connectivity index (χ1v) is 17.0. The lowest BCUT2D eigenvalue weighted by Crippen LogP contribution is -2.16. The van der Waals surface area contributed by atoms with Gasteiger partial charge in [0.05, 0.1) is 5.69 Å². The quantitative estimate of drug-likeness (QED) is 0.181. The molecule has 0 amide bonds. The minimum atomic E-state index is -0.0949. The van der Waals surface area contributed by atoms with Gasteiger partial charge in [0.25, 0.3) is 0 Å². The fourth-order valence-electron chi connectivity index (χ4n) is 8.19. The lowest BCUT2D eigenvalue weighted by molar-refractivity contribution is 0.660. The van der Waals surface area contributed by atoms with Crippen LogP contribution >= 0.6 is 0 Å². The molecule has 8 aromatic carbocycles. The average Bonchev–Trinajstić information content (AvgIpc) is 3.63. The predicted octanol–water partition coefficient (Wildman–Crippen LogP) is 13.3. The van der Waals surface area contributed by atoms with Gasteiger partial charge in [-0.25, -0.2) is 0 Å². The summed E-state index contributed by atoms with van der Waals surface area (Å²) in [5.74, 6) is 0. The molecule has 0 N–H and O–H groups in total. The normalized spacial score (nSPS) is 13.3. The van der Waals surface area contributed by atoms with Crippen molar-refractivity contribution in [2.45, 2.75) is 19.3 Å². The summed E-state index contributed by atoms with van der Waals surface area (Å²) in [5.41, 5.74) is 12.9. The molecule has 1 aliphatic rings. The third kappa shape index (κ3) is 4.20. The molecule has 0 bridgehead atoms. The Balaban J connectivity index is 1.15. The Labute approximate surface area is 285 Å². The van der Waals surface area contributed by atoms with Crippen molar-refractivity contribution in [3.05, 3.63) is 175 Å². The summed E-state index contributed by atoms with van der Waals surface area (Å²) in [5, 5.41) is 7.29. The number of para-hydroxylation sites is 1. The zero-order chi connectivity index (χ0) is 32.7. The number of furan rings is 1. The van der Waals surface area contributed by atoms with E-state index in [1.165, 1.54) is 54.9 Å². The van der Waals surface area contributed by atoms with E-state index in [9.17, 15) is 0 Å². The van der Waals surface area contributed by atoms with Gasteiger partial charge in [-0.1, -0.05) is 129 Å². The highest BCUT2D eigenvalue weighted by Crippen LogP contribution is 2.51. The van der Waals surface area contributed by atoms with E-state index in [-0.39, 0.29) is 5.41 Å². The van der Waals surface area contributed by atoms with Gasteiger partial charge in [0.2, 0.25) is 0 Å². The fraction of sp³-hybridized carbons (Fsp3) is 0.0638. The molecule has 10 rings (SSSR count). The van der Waals surface area contributed by atoms with E-state index in [0.29, 0.717) is 0 Å². The van der Waals surface area contributed by atoms with Crippen LogP contribution in [0.25, 0.3) is 65.7 Å². The van der Waals surface area contributed by atoms with E-state index >= 15 is 0 Å². The van der Waals surface area contributed by atoms with Gasteiger partial charge >= 0.3 is 0 Å². The molecule has 0 atom stereocenters. The highest BCUT2D eigenvalue weighted by atomic mass is 16.3. The zero-order valence-electron chi connectivity index (χ0n) is 27.4. The van der Waals surface area contributed by atoms with Crippen LogP contribution in [0.3, 0.4) is 0 Å². The molecule has 49 heavy (non-hydrogen) atoms. The number of hydrogen-bond donors (Lipinski definition) is 0. The molecule has 0 saturated heterocycles. The van der Waals surface area contributed by atoms with Crippen LogP contribution in [0.4, 0.5) is 17.1 Å². The van der Waals surface area contributed by atoms with Crippen molar-refractivity contribution in [3.63, 3.8) is 0 Å². The molecule has 2 nitrogen and oxygen atoms in total. The molecule has 1 aliphatic carbocycles. The summed E-state index contributed by atoms with van der Waals surface area (Å²) in [6.07, 6.45) is 0. The minimum absolute atomic E-state index is 0.0949. The molecule has 0 aliphatic heterocycles. The topological polar surface area (TPSA) is 16.4 Å². The summed E-state index contributed by atoms with van der Waals surface area (Å²) in [6, 6.07) is 59.6. The molecule has 1 heterocycles. The van der Waals surface area contributed by atoms with Crippen molar-refractivity contribution in [2.75, 3.05) is 4.90 Å². The third-order valence-electron chi connectivity index (χ3n) is 10.7. The second kappa shape index (κ2) is 10.4. The monoisotopic (exact) mass is 627 g/mol. The molecule has 9 aromatic rings. The number of anilines is 3. The Bertz CT molecular complexity index is 2750. The van der Waals surface area contributed by atoms with Crippen LogP contribution in [-0.2, 0) is 5.41 Å². The van der Waals surface area contributed by atoms with Crippen molar-refractivity contribution < 1.29 is 4.42 Å². The van der Waals surface area contributed by atoms with Crippen molar-refractivity contribution in [3.8, 4) is 22.3 Å². The summed E-state index contributed by atoms with van der Waals surface area (Å²) in [4.78, 5) is 2.44. The second-order valence-electron chi connectivity index (χ2n) is 13.8. The molecule has 232 valence electrons. The molecule has 0 fully saturated rings. The summed E-state index contributed by atoms with van der Waals surface area (Å²) < 4.78 is 6.11. The predicted molar refractivity (Wildman–Crippen MR) is 206 cm³/mol. The van der Waals surface area contributed by atoms with Gasteiger partial charge in [-0.3, -0.25) is 0 Å². The highest BCUT2D eigenvalue weighted by molar-refractivity contribution is 6.13. The van der Waals surface area contributed by atoms with Crippen molar-refractivity contribution in [2.24, 2.45) is 0 Å². The van der Waals surface area contributed by atoms with Crippen molar-refractivity contribution >= 4 is 60.5 Å². The first kappa shape index (κ1) is 27.9. The number of nitrogens with zero attached hydrogens (tertiary/aromatic N) is 1. The zero-order valence-corrected chi connectivity index (χ0v) is 27.4. The summed E-state index contributed by atoms with van der Waals surface area (Å²) >= 11 is 0. The first-order valence-electron chi connectivity index (χ1n) is 17.0. The summed E-state index contributed by atoms with van der Waals surface area (Å²) in [7, 11) is 0. The molecule has 0 saturated carbocycles. The van der Waals surface area contributed by atoms with Crippen LogP contribution < -0.4 is 4.90 Å². The van der Waals surface area contributed by atoms with Crippen LogP contribution in [-0.4, -0.2) is 0 Å². The van der Waals surface area contributed by atoms with E-state index < -0.39 is 0 Å². The van der Waals surface area contributed by atoms with Crippen LogP contribution in [0.5, 0.6) is 0 Å². The standard InChI is InChI=1S/C47H33NO/c1-47(2)42-15-7-5-12-37(42)38-26-24-34(29-43(38)47)48(44-16-9-14-36-35-11-4-3-10-31(35)20-25-39(36)44)33-22-18-30(19-23-33)32-21-27-46-41(28-32)40-13-6-8-17-45(40)49-46/h3-29H,1-2H3. The van der Waals surface area contributed by atoms with E-state index in [2.05, 4.69) is 170 Å². The Kier molecular flexibility index (Phi) is 5.95. The van der Waals surface area contributed by atoms with Crippen LogP contribution in [0, 0.1) is 0 Å². The van der Waals surface area contributed by atoms with Crippen molar-refractivity contribution in [1.29, 1.82) is 0 Å². The van der Waals surface area contributed by atoms with Crippen molar-refractivity contribution in [1.82, 2.24) is 0 Å². The Morgan fingerprint density at radius 3 is 2.02 bits per heavy atom. The smallest absolute Gasteiger partial charge is 0.135 e. The fourth-order valence-corrected chi connectivity index (χ4v) is 8.19. The molecule has 0 unspecified atom stereocenters. The minimum Gasteiger partial charge on any atom is -0.456 e. The van der Waals surface area contributed by atoms with Gasteiger partial charge in [-0.05, 0) is 98.1 Å². The van der Waals surface area contributed by atoms with Crippen LogP contribution in [0.15, 0.2) is 168 Å². The number of hydrogen-bond acceptors (Lipinski definition) is 2. The Morgan fingerprint density at radius 1 is 0.429 bits per heavy atom. The Hall–Kier alpha value is -6.12. The van der Waals surface area contributed by atoms with Gasteiger partial charge in [0, 0.05) is 32.9 Å². The molecule has 1 aromatic heterocycles. The second-order valence-corrected chi connectivity index (χ2v) is 13.8. The molecule has 0 spiro atoms. The molecular weight excluding hydrogens is 595 g/mol. The highest BCUT2D eigenvalue weighted by Gasteiger charge is 2.35. The number of fused-ring (bicyclic) bond motifs is 9. The van der Waals surface area contributed by atoms with Crippen LogP contribution in [0.2, 0.25) is 0 Å². The van der Waals surface area contributed by atoms with Gasteiger partial charge in [-0.2, -0.15) is 0 Å². The maximum atomic E-state index is 6.11. The average molecular weight is 628 g/mol. The van der Waals surface area contributed by atoms with E-state index in [4.69, 9.17) is 4.42 Å². The van der Waals surface area contributed by atoms with E-state index in [1.807, 2.05) is 12.1 Å². The lowest BCUT2D eigenvalue weighted by atomic mass is 9.82. The number of rotatable bonds is 4. The molecular formula is C47H33NO. The maximum Gasteiger partial charge on any atom is 0.135 e. The molecule has 2 heteroatoms. The van der Waals surface area contributed by atoms with E-state index in [0.717, 1.165) is 39.0 Å². The maximum absolute atomic E-state index is 6.11. The lowest BCUT2D eigenvalue weighted by Gasteiger charge is -2.29. The van der Waals surface area contributed by atoms with E-state index in [1.54, 1.807) is 0 Å². The number of benzene rings is 8. The first-order chi connectivity index (χ1) is 24.0. The SMILES string of the molecule is CC1(C)c2ccccc2-c2ccc(N(c3ccc(-c4ccc5oc6ccccc6c5c4)cc3)c3cccc4c3ccc3ccccc34)cc21. The molecule has 0 radical (unpaired) electrons. The van der Waals surface area contributed by atoms with Crippen LogP contribution in [0.1, 0.15) is 25.0 Å². The van der Waals surface area contributed by atoms with Gasteiger partial charge in [0.1, 0.15) is 11.2 Å². The Morgan fingerprint density at radius 2 is 1.12 bits per heavy atom. The largest absolute Gasteiger partial charge is 0.456 e.